The van der Waals surface area contributed by atoms with E-state index < -0.39 is 0 Å². The van der Waals surface area contributed by atoms with Crippen LogP contribution in [0, 0.1) is 11.7 Å². The largest absolute Gasteiger partial charge is 0.367 e. The molecule has 0 bridgehead atoms. The number of aliphatic imine (C=N–C) groups is 1. The van der Waals surface area contributed by atoms with Crippen molar-refractivity contribution in [2.24, 2.45) is 18.0 Å². The molecule has 3 heterocycles. The van der Waals surface area contributed by atoms with Crippen molar-refractivity contribution in [1.82, 2.24) is 25.3 Å². The molecule has 1 atom stereocenters. The summed E-state index contributed by atoms with van der Waals surface area (Å²) in [7, 11) is 3.80. The van der Waals surface area contributed by atoms with Crippen molar-refractivity contribution < 1.29 is 4.39 Å². The minimum atomic E-state index is -0.101. The first kappa shape index (κ1) is 22.6. The molecule has 1 aromatic carbocycles. The Kier molecular flexibility index (Phi) is 7.63. The average molecular weight is 442 g/mol. The Hall–Kier alpha value is -2.61. The maximum Gasteiger partial charge on any atom is 0.191 e. The first-order valence-corrected chi connectivity index (χ1v) is 11.8. The van der Waals surface area contributed by atoms with Crippen LogP contribution in [-0.2, 0) is 13.6 Å². The second kappa shape index (κ2) is 10.8. The van der Waals surface area contributed by atoms with Gasteiger partial charge >= 0.3 is 0 Å². The molecular weight excluding hydrogens is 405 g/mol. The number of halogens is 1. The van der Waals surface area contributed by atoms with E-state index in [-0.39, 0.29) is 5.82 Å². The summed E-state index contributed by atoms with van der Waals surface area (Å²) in [6.07, 6.45) is 8.56. The number of hydrogen-bond donors (Lipinski definition) is 2. The highest BCUT2D eigenvalue weighted by molar-refractivity contribution is 5.80. The van der Waals surface area contributed by atoms with E-state index in [1.807, 2.05) is 37.1 Å². The zero-order valence-electron chi connectivity index (χ0n) is 19.3. The van der Waals surface area contributed by atoms with Gasteiger partial charge in [-0.15, -0.1) is 0 Å². The van der Waals surface area contributed by atoms with Gasteiger partial charge in [-0.25, -0.2) is 4.39 Å². The normalized spacial score (nSPS) is 21.0. The molecule has 0 spiro atoms. The Morgan fingerprint density at radius 2 is 2.00 bits per heavy atom. The van der Waals surface area contributed by atoms with Crippen molar-refractivity contribution in [3.63, 3.8) is 0 Å². The average Bonchev–Trinajstić information content (AvgIpc) is 3.25. The van der Waals surface area contributed by atoms with Crippen LogP contribution in [0.25, 0.3) is 0 Å². The Labute approximate surface area is 190 Å². The lowest BCUT2D eigenvalue weighted by Gasteiger charge is -2.35. The fourth-order valence-electron chi connectivity index (χ4n) is 4.75. The van der Waals surface area contributed by atoms with Crippen molar-refractivity contribution >= 4 is 11.6 Å². The van der Waals surface area contributed by atoms with Crippen LogP contribution in [0.3, 0.4) is 0 Å². The maximum atomic E-state index is 13.9. The lowest BCUT2D eigenvalue weighted by atomic mass is 9.96. The van der Waals surface area contributed by atoms with Crippen LogP contribution in [0.5, 0.6) is 0 Å². The SMILES string of the molecule is CN=C(NCC1CCN(Cc2ccccc2F)CC1)NC1CCCN(c2cnn(C)c2)C1. The number of nitrogens with one attached hydrogen (secondary N) is 2. The predicted octanol–water partition coefficient (Wildman–Crippen LogP) is 2.61. The van der Waals surface area contributed by atoms with E-state index in [0.717, 1.165) is 69.9 Å². The molecule has 0 amide bonds. The lowest BCUT2D eigenvalue weighted by Crippen LogP contribution is -2.52. The highest BCUT2D eigenvalue weighted by Gasteiger charge is 2.23. The standard InChI is InChI=1S/C24H36FN7/c1-26-24(29-21-7-5-11-32(17-21)22-15-28-30(2)18-22)27-14-19-9-12-31(13-10-19)16-20-6-3-4-8-23(20)25/h3-4,6,8,15,18-19,21H,5,7,9-14,16-17H2,1-2H3,(H2,26,27,29). The molecule has 8 heteroatoms. The minimum Gasteiger partial charge on any atom is -0.367 e. The van der Waals surface area contributed by atoms with E-state index in [9.17, 15) is 4.39 Å². The molecule has 2 N–H and O–H groups in total. The number of benzene rings is 1. The topological polar surface area (TPSA) is 60.7 Å². The van der Waals surface area contributed by atoms with Gasteiger partial charge in [0.2, 0.25) is 0 Å². The van der Waals surface area contributed by atoms with Gasteiger partial charge in [0.1, 0.15) is 5.82 Å². The van der Waals surface area contributed by atoms with E-state index in [1.54, 1.807) is 12.1 Å². The highest BCUT2D eigenvalue weighted by atomic mass is 19.1. The molecule has 2 aromatic rings. The summed E-state index contributed by atoms with van der Waals surface area (Å²) in [6, 6.07) is 7.47. The van der Waals surface area contributed by atoms with Gasteiger partial charge in [-0.3, -0.25) is 14.6 Å². The van der Waals surface area contributed by atoms with E-state index >= 15 is 0 Å². The minimum absolute atomic E-state index is 0.101. The van der Waals surface area contributed by atoms with Gasteiger partial charge in [-0.05, 0) is 50.8 Å². The zero-order valence-corrected chi connectivity index (χ0v) is 19.3. The fourth-order valence-corrected chi connectivity index (χ4v) is 4.75. The molecule has 2 saturated heterocycles. The molecule has 0 saturated carbocycles. The van der Waals surface area contributed by atoms with E-state index in [2.05, 4.69) is 36.7 Å². The van der Waals surface area contributed by atoms with Crippen molar-refractivity contribution in [3.8, 4) is 0 Å². The second-order valence-electron chi connectivity index (χ2n) is 9.07. The quantitative estimate of drug-likeness (QED) is 0.533. The second-order valence-corrected chi connectivity index (χ2v) is 9.07. The van der Waals surface area contributed by atoms with Crippen molar-refractivity contribution in [1.29, 1.82) is 0 Å². The monoisotopic (exact) mass is 441 g/mol. The molecule has 1 aromatic heterocycles. The molecular formula is C24H36FN7. The van der Waals surface area contributed by atoms with Gasteiger partial charge in [0.15, 0.2) is 5.96 Å². The van der Waals surface area contributed by atoms with Crippen LogP contribution >= 0.6 is 0 Å². The number of hydrogen-bond acceptors (Lipinski definition) is 4. The number of aryl methyl sites for hydroxylation is 1. The van der Waals surface area contributed by atoms with E-state index in [0.29, 0.717) is 18.5 Å². The van der Waals surface area contributed by atoms with Crippen molar-refractivity contribution in [2.75, 3.05) is 44.7 Å². The summed E-state index contributed by atoms with van der Waals surface area (Å²) in [5.74, 6) is 1.40. The van der Waals surface area contributed by atoms with Crippen LogP contribution in [-0.4, -0.2) is 66.5 Å². The molecule has 1 unspecified atom stereocenters. The van der Waals surface area contributed by atoms with Crippen LogP contribution in [0.15, 0.2) is 41.7 Å². The van der Waals surface area contributed by atoms with Gasteiger partial charge < -0.3 is 15.5 Å². The summed E-state index contributed by atoms with van der Waals surface area (Å²) in [6.45, 7) is 5.67. The summed E-state index contributed by atoms with van der Waals surface area (Å²) in [5.41, 5.74) is 1.98. The fraction of sp³-hybridized carbons (Fsp3) is 0.583. The summed E-state index contributed by atoms with van der Waals surface area (Å²) < 4.78 is 15.8. The van der Waals surface area contributed by atoms with Gasteiger partial charge in [0, 0.05) is 58.1 Å². The molecule has 0 aliphatic carbocycles. The lowest BCUT2D eigenvalue weighted by molar-refractivity contribution is 0.176. The molecule has 32 heavy (non-hydrogen) atoms. The molecule has 4 rings (SSSR count). The van der Waals surface area contributed by atoms with Crippen molar-refractivity contribution in [3.05, 3.63) is 48.0 Å². The van der Waals surface area contributed by atoms with Gasteiger partial charge in [-0.2, -0.15) is 5.10 Å². The Balaban J connectivity index is 1.19. The smallest absolute Gasteiger partial charge is 0.191 e. The van der Waals surface area contributed by atoms with Crippen LogP contribution in [0.1, 0.15) is 31.2 Å². The highest BCUT2D eigenvalue weighted by Crippen LogP contribution is 2.20. The van der Waals surface area contributed by atoms with E-state index in [4.69, 9.17) is 0 Å². The maximum absolute atomic E-state index is 13.9. The number of piperidine rings is 2. The van der Waals surface area contributed by atoms with Crippen LogP contribution in [0.2, 0.25) is 0 Å². The first-order valence-electron chi connectivity index (χ1n) is 11.8. The predicted molar refractivity (Wildman–Crippen MR) is 127 cm³/mol. The molecule has 7 nitrogen and oxygen atoms in total. The first-order chi connectivity index (χ1) is 15.6. The van der Waals surface area contributed by atoms with Gasteiger partial charge in [0.05, 0.1) is 11.9 Å². The number of aromatic nitrogens is 2. The molecule has 0 radical (unpaired) electrons. The molecule has 174 valence electrons. The van der Waals surface area contributed by atoms with Crippen LogP contribution < -0.4 is 15.5 Å². The zero-order chi connectivity index (χ0) is 22.3. The molecule has 2 aliphatic rings. The Morgan fingerprint density at radius 1 is 1.19 bits per heavy atom. The summed E-state index contributed by atoms with van der Waals surface area (Å²) in [5, 5.41) is 11.5. The summed E-state index contributed by atoms with van der Waals surface area (Å²) in [4.78, 5) is 9.21. The number of likely N-dealkylation sites (tertiary alicyclic amines) is 1. The summed E-state index contributed by atoms with van der Waals surface area (Å²) >= 11 is 0. The Bertz CT molecular complexity index is 888. The van der Waals surface area contributed by atoms with Gasteiger partial charge in [-0.1, -0.05) is 18.2 Å². The third-order valence-corrected chi connectivity index (χ3v) is 6.66. The third kappa shape index (κ3) is 6.00. The van der Waals surface area contributed by atoms with Gasteiger partial charge in [0.25, 0.3) is 0 Å². The van der Waals surface area contributed by atoms with Crippen molar-refractivity contribution in [2.45, 2.75) is 38.3 Å². The number of rotatable bonds is 6. The molecule has 2 fully saturated rings. The number of anilines is 1. The third-order valence-electron chi connectivity index (χ3n) is 6.66. The number of guanidine groups is 1. The van der Waals surface area contributed by atoms with Crippen LogP contribution in [0.4, 0.5) is 10.1 Å². The van der Waals surface area contributed by atoms with E-state index in [1.165, 1.54) is 5.69 Å². The molecule has 2 aliphatic heterocycles. The Morgan fingerprint density at radius 3 is 2.72 bits per heavy atom. The number of nitrogens with zero attached hydrogens (tertiary/aromatic N) is 5.